The van der Waals surface area contributed by atoms with Gasteiger partial charge in [-0.25, -0.2) is 4.79 Å². The number of nitrogens with zero attached hydrogens (tertiary/aromatic N) is 5. The molecule has 134 valence electrons. The second-order valence-electron chi connectivity index (χ2n) is 6.14. The number of urea groups is 1. The van der Waals surface area contributed by atoms with Crippen LogP contribution >= 0.6 is 11.3 Å². The van der Waals surface area contributed by atoms with Gasteiger partial charge in [0, 0.05) is 44.3 Å². The molecule has 0 radical (unpaired) electrons. The van der Waals surface area contributed by atoms with Gasteiger partial charge in [0.05, 0.1) is 6.04 Å². The Kier molecular flexibility index (Phi) is 5.32. The Morgan fingerprint density at radius 2 is 2.16 bits per heavy atom. The molecular formula is C16H23N7OS. The van der Waals surface area contributed by atoms with Gasteiger partial charge in [0.15, 0.2) is 0 Å². The Labute approximate surface area is 151 Å². The molecule has 1 aliphatic rings. The first-order valence-electron chi connectivity index (χ1n) is 8.34. The molecule has 3 heterocycles. The summed E-state index contributed by atoms with van der Waals surface area (Å²) in [5.74, 6) is 0. The van der Waals surface area contributed by atoms with E-state index in [9.17, 15) is 4.79 Å². The highest BCUT2D eigenvalue weighted by atomic mass is 32.1. The van der Waals surface area contributed by atoms with E-state index in [1.165, 1.54) is 17.0 Å². The third-order valence-corrected chi connectivity index (χ3v) is 5.22. The van der Waals surface area contributed by atoms with Gasteiger partial charge in [-0.3, -0.25) is 4.98 Å². The van der Waals surface area contributed by atoms with E-state index in [1.807, 2.05) is 30.3 Å². The highest BCUT2D eigenvalue weighted by Crippen LogP contribution is 2.21. The Morgan fingerprint density at radius 3 is 2.88 bits per heavy atom. The number of hydrogen-bond donors (Lipinski definition) is 2. The largest absolute Gasteiger partial charge is 0.374 e. The molecule has 1 saturated heterocycles. The number of nitrogens with two attached hydrogens (primary N) is 1. The van der Waals surface area contributed by atoms with E-state index in [1.54, 1.807) is 0 Å². The number of anilines is 2. The smallest absolute Gasteiger partial charge is 0.318 e. The van der Waals surface area contributed by atoms with Crippen LogP contribution < -0.4 is 16.0 Å². The first-order valence-corrected chi connectivity index (χ1v) is 9.16. The average Bonchev–Trinajstić information content (AvgIpc) is 2.89. The molecule has 8 nitrogen and oxygen atoms in total. The Hall–Kier alpha value is -2.42. The van der Waals surface area contributed by atoms with Crippen molar-refractivity contribution in [2.75, 3.05) is 36.8 Å². The minimum absolute atomic E-state index is 0.0745. The van der Waals surface area contributed by atoms with E-state index in [2.05, 4.69) is 32.3 Å². The molecule has 2 aromatic rings. The lowest BCUT2D eigenvalue weighted by molar-refractivity contribution is 0.198. The van der Waals surface area contributed by atoms with Crippen molar-refractivity contribution >= 4 is 28.2 Å². The maximum atomic E-state index is 12.6. The van der Waals surface area contributed by atoms with Crippen LogP contribution in [0, 0.1) is 6.92 Å². The van der Waals surface area contributed by atoms with Crippen LogP contribution in [0.25, 0.3) is 0 Å². The number of carbonyl (C=O) groups excluding carboxylic acids is 1. The number of rotatable bonds is 3. The molecule has 0 aromatic carbocycles. The van der Waals surface area contributed by atoms with Crippen molar-refractivity contribution in [2.45, 2.75) is 26.3 Å². The van der Waals surface area contributed by atoms with Crippen LogP contribution in [0.3, 0.4) is 0 Å². The van der Waals surface area contributed by atoms with E-state index in [0.29, 0.717) is 11.7 Å². The zero-order chi connectivity index (χ0) is 17.8. The van der Waals surface area contributed by atoms with Crippen LogP contribution in [-0.2, 0) is 0 Å². The van der Waals surface area contributed by atoms with Crippen molar-refractivity contribution in [2.24, 2.45) is 0 Å². The summed E-state index contributed by atoms with van der Waals surface area (Å²) in [5, 5.41) is 11.9. The van der Waals surface area contributed by atoms with Crippen molar-refractivity contribution in [3.63, 3.8) is 0 Å². The summed E-state index contributed by atoms with van der Waals surface area (Å²) in [7, 11) is 0. The number of aromatic nitrogens is 3. The fourth-order valence-corrected chi connectivity index (χ4v) is 3.56. The lowest BCUT2D eigenvalue weighted by atomic mass is 10.2. The van der Waals surface area contributed by atoms with Crippen LogP contribution in [0.2, 0.25) is 0 Å². The van der Waals surface area contributed by atoms with Crippen LogP contribution in [-0.4, -0.2) is 52.3 Å². The molecule has 1 fully saturated rings. The average molecular weight is 361 g/mol. The number of hydrogen-bond acceptors (Lipinski definition) is 7. The molecule has 0 saturated carbocycles. The van der Waals surface area contributed by atoms with Crippen LogP contribution in [0.1, 0.15) is 30.0 Å². The summed E-state index contributed by atoms with van der Waals surface area (Å²) >= 11 is 1.30. The van der Waals surface area contributed by atoms with Crippen LogP contribution in [0.5, 0.6) is 0 Å². The zero-order valence-electron chi connectivity index (χ0n) is 14.5. The molecule has 2 amide bonds. The zero-order valence-corrected chi connectivity index (χ0v) is 15.3. The summed E-state index contributed by atoms with van der Waals surface area (Å²) in [6.45, 7) is 7.10. The number of nitrogens with one attached hydrogen (secondary N) is 1. The Balaban J connectivity index is 1.59. The number of aryl methyl sites for hydroxylation is 1. The van der Waals surface area contributed by atoms with Crippen LogP contribution in [0.4, 0.5) is 15.6 Å². The Morgan fingerprint density at radius 1 is 1.32 bits per heavy atom. The van der Waals surface area contributed by atoms with Crippen LogP contribution in [0.15, 0.2) is 18.5 Å². The molecule has 0 unspecified atom stereocenters. The fourth-order valence-electron chi connectivity index (χ4n) is 2.94. The van der Waals surface area contributed by atoms with Gasteiger partial charge in [-0.15, -0.1) is 10.2 Å². The minimum atomic E-state index is -0.205. The number of amides is 2. The van der Waals surface area contributed by atoms with Gasteiger partial charge in [0.25, 0.3) is 0 Å². The normalized spacial score (nSPS) is 16.4. The molecule has 2 aromatic heterocycles. The van der Waals surface area contributed by atoms with Crippen molar-refractivity contribution in [3.05, 3.63) is 29.0 Å². The summed E-state index contributed by atoms with van der Waals surface area (Å²) in [5.41, 5.74) is 7.95. The van der Waals surface area contributed by atoms with Gasteiger partial charge in [0.2, 0.25) is 5.13 Å². The summed E-state index contributed by atoms with van der Waals surface area (Å²) in [6.07, 6.45) is 4.61. The highest BCUT2D eigenvalue weighted by Gasteiger charge is 2.22. The Bertz CT molecular complexity index is 735. The fraction of sp³-hybridized carbons (Fsp3) is 0.500. The molecule has 9 heteroatoms. The molecular weight excluding hydrogens is 338 g/mol. The number of pyridine rings is 1. The molecule has 3 N–H and O–H groups in total. The maximum absolute atomic E-state index is 12.6. The lowest BCUT2D eigenvalue weighted by Crippen LogP contribution is -2.43. The predicted molar refractivity (Wildman–Crippen MR) is 98.6 cm³/mol. The third kappa shape index (κ3) is 4.16. The van der Waals surface area contributed by atoms with Crippen molar-refractivity contribution in [1.29, 1.82) is 0 Å². The van der Waals surface area contributed by atoms with E-state index in [4.69, 9.17) is 5.73 Å². The van der Waals surface area contributed by atoms with E-state index in [-0.39, 0.29) is 12.1 Å². The first kappa shape index (κ1) is 17.4. The van der Waals surface area contributed by atoms with Gasteiger partial charge < -0.3 is 20.9 Å². The molecule has 0 spiro atoms. The topological polar surface area (TPSA) is 100 Å². The summed E-state index contributed by atoms with van der Waals surface area (Å²) in [4.78, 5) is 20.9. The standard InChI is InChI=1S/C16H23N7OS/c1-11-10-18-5-4-13(11)22-6-3-7-23(9-8-22)16(24)19-12(2)14-20-21-15(17)25-14/h4-5,10,12H,3,6-9H2,1-2H3,(H2,17,21)(H,19,24)/t12-/m0/s1. The monoisotopic (exact) mass is 361 g/mol. The van der Waals surface area contributed by atoms with E-state index in [0.717, 1.165) is 36.6 Å². The van der Waals surface area contributed by atoms with Crippen molar-refractivity contribution in [3.8, 4) is 0 Å². The predicted octanol–water partition coefficient (Wildman–Crippen LogP) is 1.81. The molecule has 3 rings (SSSR count). The SMILES string of the molecule is Cc1cnccc1N1CCCN(C(=O)N[C@@H](C)c2nnc(N)s2)CC1. The minimum Gasteiger partial charge on any atom is -0.374 e. The molecule has 25 heavy (non-hydrogen) atoms. The van der Waals surface area contributed by atoms with Gasteiger partial charge in [-0.2, -0.15) is 0 Å². The summed E-state index contributed by atoms with van der Waals surface area (Å²) < 4.78 is 0. The highest BCUT2D eigenvalue weighted by molar-refractivity contribution is 7.15. The van der Waals surface area contributed by atoms with Gasteiger partial charge in [-0.05, 0) is 31.9 Å². The summed E-state index contributed by atoms with van der Waals surface area (Å²) in [6, 6.07) is 1.76. The molecule has 1 atom stereocenters. The van der Waals surface area contributed by atoms with Gasteiger partial charge in [0.1, 0.15) is 5.01 Å². The number of carbonyl (C=O) groups is 1. The van der Waals surface area contributed by atoms with Gasteiger partial charge >= 0.3 is 6.03 Å². The quantitative estimate of drug-likeness (QED) is 0.865. The lowest BCUT2D eigenvalue weighted by Gasteiger charge is -2.25. The molecule has 0 bridgehead atoms. The van der Waals surface area contributed by atoms with Crippen molar-refractivity contribution in [1.82, 2.24) is 25.4 Å². The third-order valence-electron chi connectivity index (χ3n) is 4.28. The first-order chi connectivity index (χ1) is 12.0. The molecule has 1 aliphatic heterocycles. The number of nitrogen functional groups attached to an aromatic ring is 1. The second-order valence-corrected chi connectivity index (χ2v) is 7.18. The maximum Gasteiger partial charge on any atom is 0.318 e. The van der Waals surface area contributed by atoms with E-state index < -0.39 is 0 Å². The molecule has 0 aliphatic carbocycles. The second kappa shape index (κ2) is 7.64. The van der Waals surface area contributed by atoms with Gasteiger partial charge in [-0.1, -0.05) is 11.3 Å². The van der Waals surface area contributed by atoms with E-state index >= 15 is 0 Å². The van der Waals surface area contributed by atoms with Crippen molar-refractivity contribution < 1.29 is 4.79 Å².